The van der Waals surface area contributed by atoms with Crippen LogP contribution in [-0.2, 0) is 6.54 Å². The number of halogens is 1. The minimum atomic E-state index is -0.108. The molecule has 1 aromatic heterocycles. The standard InChI is InChI=1S/C14H16ClN3OS/c1-9-8-20-13(17-9)7-16-10-4-5-12(15)11(6-10)14(19)18(2)3/h4-6,8,16H,7H2,1-3H3. The van der Waals surface area contributed by atoms with E-state index in [9.17, 15) is 4.79 Å². The van der Waals surface area contributed by atoms with Gasteiger partial charge in [-0.25, -0.2) is 4.98 Å². The van der Waals surface area contributed by atoms with Crippen LogP contribution in [0.25, 0.3) is 0 Å². The molecule has 1 N–H and O–H groups in total. The molecule has 2 aromatic rings. The summed E-state index contributed by atoms with van der Waals surface area (Å²) in [6.45, 7) is 2.60. The maximum atomic E-state index is 12.0. The topological polar surface area (TPSA) is 45.2 Å². The lowest BCUT2D eigenvalue weighted by Crippen LogP contribution is -2.22. The van der Waals surface area contributed by atoms with Gasteiger partial charge in [-0.15, -0.1) is 11.3 Å². The lowest BCUT2D eigenvalue weighted by Gasteiger charge is -2.13. The summed E-state index contributed by atoms with van der Waals surface area (Å²) in [6, 6.07) is 5.36. The first-order valence-corrected chi connectivity index (χ1v) is 7.39. The second-order valence-corrected chi connectivity index (χ2v) is 5.98. The van der Waals surface area contributed by atoms with Crippen molar-refractivity contribution in [2.45, 2.75) is 13.5 Å². The van der Waals surface area contributed by atoms with Crippen LogP contribution in [0.5, 0.6) is 0 Å². The van der Waals surface area contributed by atoms with Crippen molar-refractivity contribution in [3.63, 3.8) is 0 Å². The molecule has 0 aliphatic heterocycles. The van der Waals surface area contributed by atoms with Crippen molar-refractivity contribution >= 4 is 34.5 Å². The molecule has 1 heterocycles. The van der Waals surface area contributed by atoms with Crippen molar-refractivity contribution in [3.8, 4) is 0 Å². The van der Waals surface area contributed by atoms with Gasteiger partial charge in [-0.1, -0.05) is 11.6 Å². The molecule has 1 amide bonds. The summed E-state index contributed by atoms with van der Waals surface area (Å²) in [5.74, 6) is -0.108. The van der Waals surface area contributed by atoms with Crippen LogP contribution in [0.3, 0.4) is 0 Å². The Kier molecular flexibility index (Phi) is 4.62. The van der Waals surface area contributed by atoms with E-state index in [1.54, 1.807) is 37.6 Å². The van der Waals surface area contributed by atoms with Crippen molar-refractivity contribution in [2.24, 2.45) is 0 Å². The second kappa shape index (κ2) is 6.24. The van der Waals surface area contributed by atoms with Crippen molar-refractivity contribution < 1.29 is 4.79 Å². The largest absolute Gasteiger partial charge is 0.379 e. The van der Waals surface area contributed by atoms with Gasteiger partial charge >= 0.3 is 0 Å². The van der Waals surface area contributed by atoms with Gasteiger partial charge in [-0.05, 0) is 25.1 Å². The second-order valence-electron chi connectivity index (χ2n) is 4.63. The van der Waals surface area contributed by atoms with Gasteiger partial charge in [0.05, 0.1) is 17.1 Å². The number of rotatable bonds is 4. The Balaban J connectivity index is 2.13. The predicted octanol–water partition coefficient (Wildman–Crippen LogP) is 3.42. The number of nitrogens with one attached hydrogen (secondary N) is 1. The number of nitrogens with zero attached hydrogens (tertiary/aromatic N) is 2. The average molecular weight is 310 g/mol. The third-order valence-corrected chi connectivity index (χ3v) is 4.01. The number of aromatic nitrogens is 1. The van der Waals surface area contributed by atoms with Gasteiger partial charge in [-0.2, -0.15) is 0 Å². The summed E-state index contributed by atoms with van der Waals surface area (Å²) in [4.78, 5) is 17.9. The minimum absolute atomic E-state index is 0.108. The highest BCUT2D eigenvalue weighted by atomic mass is 35.5. The molecule has 0 fully saturated rings. The fraction of sp³-hybridized carbons (Fsp3) is 0.286. The third-order valence-electron chi connectivity index (χ3n) is 2.71. The molecule has 1 aromatic carbocycles. The van der Waals surface area contributed by atoms with Crippen LogP contribution in [0.1, 0.15) is 21.1 Å². The van der Waals surface area contributed by atoms with Gasteiger partial charge in [-0.3, -0.25) is 4.79 Å². The van der Waals surface area contributed by atoms with Gasteiger partial charge in [0.25, 0.3) is 5.91 Å². The number of hydrogen-bond donors (Lipinski definition) is 1. The Morgan fingerprint density at radius 1 is 1.45 bits per heavy atom. The lowest BCUT2D eigenvalue weighted by atomic mass is 10.1. The summed E-state index contributed by atoms with van der Waals surface area (Å²) in [5.41, 5.74) is 2.37. The van der Waals surface area contributed by atoms with E-state index in [1.165, 1.54) is 4.90 Å². The summed E-state index contributed by atoms with van der Waals surface area (Å²) in [5, 5.41) is 6.74. The molecule has 0 aliphatic rings. The number of amides is 1. The molecule has 20 heavy (non-hydrogen) atoms. The van der Waals surface area contributed by atoms with E-state index < -0.39 is 0 Å². The van der Waals surface area contributed by atoms with E-state index >= 15 is 0 Å². The van der Waals surface area contributed by atoms with Crippen LogP contribution >= 0.6 is 22.9 Å². The molecule has 0 atom stereocenters. The lowest BCUT2D eigenvalue weighted by molar-refractivity contribution is 0.0828. The molecular formula is C14H16ClN3OS. The zero-order valence-electron chi connectivity index (χ0n) is 11.6. The maximum Gasteiger partial charge on any atom is 0.254 e. The third kappa shape index (κ3) is 3.49. The number of aryl methyl sites for hydroxylation is 1. The Bertz CT molecular complexity index is 625. The Labute approximate surface area is 127 Å². The maximum absolute atomic E-state index is 12.0. The zero-order chi connectivity index (χ0) is 14.7. The number of carbonyl (C=O) groups excluding carboxylic acids is 1. The van der Waals surface area contributed by atoms with E-state index in [2.05, 4.69) is 10.3 Å². The molecule has 0 radical (unpaired) electrons. The number of carbonyl (C=O) groups is 1. The van der Waals surface area contributed by atoms with Gasteiger partial charge in [0.15, 0.2) is 0 Å². The van der Waals surface area contributed by atoms with Crippen molar-refractivity contribution in [1.29, 1.82) is 0 Å². The van der Waals surface area contributed by atoms with E-state index in [0.717, 1.165) is 16.4 Å². The highest BCUT2D eigenvalue weighted by Crippen LogP contribution is 2.22. The molecule has 0 saturated heterocycles. The normalized spacial score (nSPS) is 10.4. The molecule has 4 nitrogen and oxygen atoms in total. The van der Waals surface area contributed by atoms with Crippen LogP contribution in [-0.4, -0.2) is 29.9 Å². The number of hydrogen-bond acceptors (Lipinski definition) is 4. The molecule has 0 unspecified atom stereocenters. The van der Waals surface area contributed by atoms with Crippen LogP contribution in [0.4, 0.5) is 5.69 Å². The molecule has 0 bridgehead atoms. The SMILES string of the molecule is Cc1csc(CNc2ccc(Cl)c(C(=O)N(C)C)c2)n1. The molecule has 2 rings (SSSR count). The van der Waals surface area contributed by atoms with E-state index in [0.29, 0.717) is 17.1 Å². The highest BCUT2D eigenvalue weighted by Gasteiger charge is 2.13. The molecule has 0 saturated carbocycles. The van der Waals surface area contributed by atoms with E-state index in [-0.39, 0.29) is 5.91 Å². The number of thiazole rings is 1. The summed E-state index contributed by atoms with van der Waals surface area (Å²) in [6.07, 6.45) is 0. The van der Waals surface area contributed by atoms with Gasteiger partial charge in [0, 0.05) is 30.9 Å². The summed E-state index contributed by atoms with van der Waals surface area (Å²) < 4.78 is 0. The Morgan fingerprint density at radius 3 is 2.80 bits per heavy atom. The average Bonchev–Trinajstić information content (AvgIpc) is 2.82. The number of benzene rings is 1. The highest BCUT2D eigenvalue weighted by molar-refractivity contribution is 7.09. The van der Waals surface area contributed by atoms with Crippen molar-refractivity contribution in [3.05, 3.63) is 44.9 Å². The fourth-order valence-corrected chi connectivity index (χ4v) is 2.61. The molecule has 6 heteroatoms. The number of anilines is 1. The van der Waals surface area contributed by atoms with Crippen LogP contribution in [0, 0.1) is 6.92 Å². The van der Waals surface area contributed by atoms with Crippen LogP contribution < -0.4 is 5.32 Å². The minimum Gasteiger partial charge on any atom is -0.379 e. The molecule has 0 spiro atoms. The van der Waals surface area contributed by atoms with Gasteiger partial charge in [0.2, 0.25) is 0 Å². The van der Waals surface area contributed by atoms with Gasteiger partial charge in [0.1, 0.15) is 5.01 Å². The van der Waals surface area contributed by atoms with E-state index in [1.807, 2.05) is 18.4 Å². The van der Waals surface area contributed by atoms with E-state index in [4.69, 9.17) is 11.6 Å². The van der Waals surface area contributed by atoms with Crippen LogP contribution in [0.15, 0.2) is 23.6 Å². The monoisotopic (exact) mass is 309 g/mol. The van der Waals surface area contributed by atoms with Crippen molar-refractivity contribution in [1.82, 2.24) is 9.88 Å². The first-order chi connectivity index (χ1) is 9.47. The Hall–Kier alpha value is -1.59. The molecule has 0 aliphatic carbocycles. The quantitative estimate of drug-likeness (QED) is 0.941. The van der Waals surface area contributed by atoms with Crippen molar-refractivity contribution in [2.75, 3.05) is 19.4 Å². The van der Waals surface area contributed by atoms with Gasteiger partial charge < -0.3 is 10.2 Å². The molecule has 106 valence electrons. The molecular weight excluding hydrogens is 294 g/mol. The summed E-state index contributed by atoms with van der Waals surface area (Å²) >= 11 is 7.68. The summed E-state index contributed by atoms with van der Waals surface area (Å²) in [7, 11) is 3.41. The zero-order valence-corrected chi connectivity index (χ0v) is 13.2. The predicted molar refractivity (Wildman–Crippen MR) is 83.6 cm³/mol. The first-order valence-electron chi connectivity index (χ1n) is 6.13. The fourth-order valence-electron chi connectivity index (χ4n) is 1.70. The smallest absolute Gasteiger partial charge is 0.254 e. The van der Waals surface area contributed by atoms with Crippen LogP contribution in [0.2, 0.25) is 5.02 Å². The Morgan fingerprint density at radius 2 is 2.20 bits per heavy atom. The first kappa shape index (κ1) is 14.8.